The highest BCUT2D eigenvalue weighted by atomic mass is 35.5. The molecular formula is C27H43ClFN3O2. The SMILES string of the molecule is COCCCC[C@H](c1cccc(Cl)c1F)[C@@H]1CCCN(C(=O)NC[C@@H](N)CC2CCCCC2)C1. The van der Waals surface area contributed by atoms with E-state index in [4.69, 9.17) is 22.1 Å². The molecule has 7 heteroatoms. The van der Waals surface area contributed by atoms with Crippen molar-refractivity contribution in [2.75, 3.05) is 33.4 Å². The van der Waals surface area contributed by atoms with Gasteiger partial charge in [0.15, 0.2) is 0 Å². The van der Waals surface area contributed by atoms with E-state index in [2.05, 4.69) is 5.32 Å². The van der Waals surface area contributed by atoms with Crippen molar-refractivity contribution in [2.45, 2.75) is 82.6 Å². The molecular weight excluding hydrogens is 453 g/mol. The summed E-state index contributed by atoms with van der Waals surface area (Å²) >= 11 is 6.12. The van der Waals surface area contributed by atoms with Crippen molar-refractivity contribution in [2.24, 2.45) is 17.6 Å². The van der Waals surface area contributed by atoms with E-state index in [0.29, 0.717) is 31.2 Å². The third-order valence-electron chi connectivity index (χ3n) is 7.68. The summed E-state index contributed by atoms with van der Waals surface area (Å²) in [5.74, 6) is 0.605. The highest BCUT2D eigenvalue weighted by Gasteiger charge is 2.32. The molecule has 34 heavy (non-hydrogen) atoms. The topological polar surface area (TPSA) is 67.6 Å². The molecule has 1 aliphatic heterocycles. The fourth-order valence-corrected chi connectivity index (χ4v) is 6.03. The molecule has 1 aromatic rings. The number of halogens is 2. The number of hydrogen-bond acceptors (Lipinski definition) is 3. The number of rotatable bonds is 11. The first-order valence-corrected chi connectivity index (χ1v) is 13.6. The number of amides is 2. The predicted molar refractivity (Wildman–Crippen MR) is 137 cm³/mol. The number of ether oxygens (including phenoxy) is 1. The molecule has 2 amide bonds. The Kier molecular flexibility index (Phi) is 11.4. The highest BCUT2D eigenvalue weighted by molar-refractivity contribution is 6.30. The summed E-state index contributed by atoms with van der Waals surface area (Å²) in [4.78, 5) is 14.9. The molecule has 0 bridgehead atoms. The van der Waals surface area contributed by atoms with Crippen molar-refractivity contribution in [1.82, 2.24) is 10.2 Å². The fourth-order valence-electron chi connectivity index (χ4n) is 5.85. The molecule has 1 aromatic carbocycles. The van der Waals surface area contributed by atoms with E-state index in [0.717, 1.165) is 45.1 Å². The Morgan fingerprint density at radius 3 is 2.79 bits per heavy atom. The van der Waals surface area contributed by atoms with Crippen LogP contribution in [-0.4, -0.2) is 50.3 Å². The average Bonchev–Trinajstić information content (AvgIpc) is 2.85. The first-order chi connectivity index (χ1) is 16.5. The van der Waals surface area contributed by atoms with Gasteiger partial charge in [0.25, 0.3) is 0 Å². The lowest BCUT2D eigenvalue weighted by Crippen LogP contribution is -2.49. The molecule has 2 aliphatic rings. The Labute approximate surface area is 209 Å². The van der Waals surface area contributed by atoms with Crippen LogP contribution in [-0.2, 0) is 4.74 Å². The molecule has 0 radical (unpaired) electrons. The maximum absolute atomic E-state index is 15.0. The second kappa shape index (κ2) is 14.3. The number of carbonyl (C=O) groups excluding carboxylic acids is 1. The van der Waals surface area contributed by atoms with Crippen LogP contribution in [0, 0.1) is 17.7 Å². The summed E-state index contributed by atoms with van der Waals surface area (Å²) < 4.78 is 20.2. The summed E-state index contributed by atoms with van der Waals surface area (Å²) in [6.07, 6.45) is 12.1. The van der Waals surface area contributed by atoms with Crippen LogP contribution in [0.25, 0.3) is 0 Å². The van der Waals surface area contributed by atoms with E-state index in [9.17, 15) is 9.18 Å². The van der Waals surface area contributed by atoms with Gasteiger partial charge in [-0.1, -0.05) is 62.3 Å². The summed E-state index contributed by atoms with van der Waals surface area (Å²) in [7, 11) is 1.70. The molecule has 1 saturated carbocycles. The third-order valence-corrected chi connectivity index (χ3v) is 7.98. The standard InChI is InChI=1S/C27H43ClFN3O2/c1-34-16-6-5-12-23(24-13-7-14-25(28)26(24)29)21-11-8-15-32(19-21)27(33)31-18-22(30)17-20-9-3-2-4-10-20/h7,13-14,20-23H,2-6,8-12,15-19,30H2,1H3,(H,31,33)/t21-,22+,23+/m1/s1. The van der Waals surface area contributed by atoms with E-state index in [1.165, 1.54) is 32.1 Å². The van der Waals surface area contributed by atoms with E-state index < -0.39 is 0 Å². The molecule has 3 atom stereocenters. The van der Waals surface area contributed by atoms with E-state index in [1.807, 2.05) is 17.0 Å². The van der Waals surface area contributed by atoms with Crippen molar-refractivity contribution < 1.29 is 13.9 Å². The van der Waals surface area contributed by atoms with Crippen molar-refractivity contribution in [3.63, 3.8) is 0 Å². The lowest BCUT2D eigenvalue weighted by atomic mass is 9.78. The van der Waals surface area contributed by atoms with Crippen LogP contribution < -0.4 is 11.1 Å². The maximum Gasteiger partial charge on any atom is 0.317 e. The number of nitrogens with zero attached hydrogens (tertiary/aromatic N) is 1. The minimum atomic E-state index is -0.323. The number of piperidine rings is 1. The van der Waals surface area contributed by atoms with Gasteiger partial charge in [0.2, 0.25) is 0 Å². The maximum atomic E-state index is 15.0. The van der Waals surface area contributed by atoms with Crippen molar-refractivity contribution in [3.8, 4) is 0 Å². The Morgan fingerprint density at radius 1 is 1.24 bits per heavy atom. The Bertz CT molecular complexity index is 759. The molecule has 0 aromatic heterocycles. The molecule has 1 heterocycles. The number of nitrogens with two attached hydrogens (primary N) is 1. The monoisotopic (exact) mass is 495 g/mol. The van der Waals surface area contributed by atoms with Gasteiger partial charge in [-0.3, -0.25) is 0 Å². The minimum Gasteiger partial charge on any atom is -0.385 e. The van der Waals surface area contributed by atoms with Crippen molar-refractivity contribution in [1.29, 1.82) is 0 Å². The van der Waals surface area contributed by atoms with Gasteiger partial charge in [0.05, 0.1) is 5.02 Å². The lowest BCUT2D eigenvalue weighted by molar-refractivity contribution is 0.150. The zero-order valence-corrected chi connectivity index (χ0v) is 21.5. The molecule has 192 valence electrons. The van der Waals surface area contributed by atoms with Crippen LogP contribution in [0.15, 0.2) is 18.2 Å². The zero-order chi connectivity index (χ0) is 24.3. The van der Waals surface area contributed by atoms with Crippen LogP contribution in [0.4, 0.5) is 9.18 Å². The van der Waals surface area contributed by atoms with E-state index >= 15 is 0 Å². The predicted octanol–water partition coefficient (Wildman–Crippen LogP) is 6.10. The third kappa shape index (κ3) is 8.10. The largest absolute Gasteiger partial charge is 0.385 e. The van der Waals surface area contributed by atoms with Gasteiger partial charge in [-0.2, -0.15) is 0 Å². The smallest absolute Gasteiger partial charge is 0.317 e. The summed E-state index contributed by atoms with van der Waals surface area (Å²) in [5, 5.41) is 3.24. The van der Waals surface area contributed by atoms with Crippen molar-refractivity contribution in [3.05, 3.63) is 34.6 Å². The summed E-state index contributed by atoms with van der Waals surface area (Å²) in [6.45, 7) is 2.57. The number of benzene rings is 1. The molecule has 0 spiro atoms. The van der Waals surface area contributed by atoms with Crippen LogP contribution in [0.3, 0.4) is 0 Å². The Balaban J connectivity index is 1.57. The van der Waals surface area contributed by atoms with Crippen LogP contribution in [0.5, 0.6) is 0 Å². The fraction of sp³-hybridized carbons (Fsp3) is 0.741. The van der Waals surface area contributed by atoms with Gasteiger partial charge in [-0.25, -0.2) is 9.18 Å². The zero-order valence-electron chi connectivity index (χ0n) is 20.7. The van der Waals surface area contributed by atoms with Gasteiger partial charge < -0.3 is 20.7 Å². The number of hydrogen-bond donors (Lipinski definition) is 2. The number of urea groups is 1. The quantitative estimate of drug-likeness (QED) is 0.364. The molecule has 1 saturated heterocycles. The van der Waals surface area contributed by atoms with Crippen LogP contribution >= 0.6 is 11.6 Å². The average molecular weight is 496 g/mol. The first-order valence-electron chi connectivity index (χ1n) is 13.2. The lowest BCUT2D eigenvalue weighted by Gasteiger charge is -2.37. The summed E-state index contributed by atoms with van der Waals surface area (Å²) in [5.41, 5.74) is 7.02. The molecule has 1 aliphatic carbocycles. The second-order valence-electron chi connectivity index (χ2n) is 10.3. The Hall–Kier alpha value is -1.37. The van der Waals surface area contributed by atoms with Crippen LogP contribution in [0.1, 0.15) is 82.1 Å². The van der Waals surface area contributed by atoms with Crippen molar-refractivity contribution >= 4 is 17.6 Å². The number of nitrogens with one attached hydrogen (secondary N) is 1. The minimum absolute atomic E-state index is 0.00160. The number of methoxy groups -OCH3 is 1. The molecule has 3 N–H and O–H groups in total. The molecule has 3 rings (SSSR count). The van der Waals surface area contributed by atoms with Gasteiger partial charge in [0.1, 0.15) is 5.82 Å². The normalized spacial score (nSPS) is 21.3. The second-order valence-corrected chi connectivity index (χ2v) is 10.7. The van der Waals surface area contributed by atoms with Crippen LogP contribution in [0.2, 0.25) is 5.02 Å². The summed E-state index contributed by atoms with van der Waals surface area (Å²) in [6, 6.07) is 5.23. The van der Waals surface area contributed by atoms with Gasteiger partial charge in [-0.15, -0.1) is 0 Å². The molecule has 2 fully saturated rings. The Morgan fingerprint density at radius 2 is 2.03 bits per heavy atom. The number of likely N-dealkylation sites (tertiary alicyclic amines) is 1. The molecule has 5 nitrogen and oxygen atoms in total. The first kappa shape index (κ1) is 27.2. The molecule has 0 unspecified atom stereocenters. The van der Waals surface area contributed by atoms with E-state index in [1.54, 1.807) is 13.2 Å². The van der Waals surface area contributed by atoms with Gasteiger partial charge in [0, 0.05) is 39.4 Å². The van der Waals surface area contributed by atoms with E-state index in [-0.39, 0.29) is 34.7 Å². The highest BCUT2D eigenvalue weighted by Crippen LogP contribution is 2.38. The van der Waals surface area contributed by atoms with Gasteiger partial charge >= 0.3 is 6.03 Å². The van der Waals surface area contributed by atoms with Gasteiger partial charge in [-0.05, 0) is 61.5 Å². The number of unbranched alkanes of at least 4 members (excludes halogenated alkanes) is 1. The number of carbonyl (C=O) groups is 1.